The van der Waals surface area contributed by atoms with Crippen molar-refractivity contribution in [2.75, 3.05) is 0 Å². The van der Waals surface area contributed by atoms with Gasteiger partial charge < -0.3 is 16.4 Å². The molecule has 6 N–H and O–H groups in total. The van der Waals surface area contributed by atoms with Crippen molar-refractivity contribution in [3.63, 3.8) is 0 Å². The fraction of sp³-hybridized carbons (Fsp3) is 0.667. The van der Waals surface area contributed by atoms with Crippen LogP contribution in [-0.4, -0.2) is 52.7 Å². The Morgan fingerprint density at radius 3 is 0.478 bits per heavy atom. The third kappa shape index (κ3) is 13.7. The summed E-state index contributed by atoms with van der Waals surface area (Å²) in [7, 11) is 0. The molecule has 0 aromatic rings. The number of carbonyl (C=O) groups is 2. The first-order valence-electron chi connectivity index (χ1n) is 3.68. The molecule has 17 heteroatoms. The average Bonchev–Trinajstić information content (AvgIpc) is 2.10. The van der Waals surface area contributed by atoms with Crippen molar-refractivity contribution >= 4 is 11.6 Å². The number of hydrogen-bond donors (Lipinski definition) is 0. The van der Waals surface area contributed by atoms with Crippen LogP contribution in [0.1, 0.15) is 0 Å². The molecule has 0 aromatic heterocycles. The van der Waals surface area contributed by atoms with Crippen LogP contribution >= 0.6 is 0 Å². The number of Topliss-reactive ketones (excluding diaryl/α,β-unsaturated/α-hetero) is 2. The van der Waals surface area contributed by atoms with Crippen molar-refractivity contribution in [3.05, 3.63) is 0 Å². The third-order valence-corrected chi connectivity index (χ3v) is 1.03. The van der Waals surface area contributed by atoms with Crippen LogP contribution in [0.2, 0.25) is 0 Å². The van der Waals surface area contributed by atoms with Crippen LogP contribution in [0.4, 0.5) is 52.7 Å². The molecule has 144 valence electrons. The Bertz CT molecular complexity index is 292. The van der Waals surface area contributed by atoms with E-state index in [0.717, 1.165) is 0 Å². The lowest BCUT2D eigenvalue weighted by Crippen LogP contribution is -2.36. The summed E-state index contributed by atoms with van der Waals surface area (Å²) in [4.78, 5) is 18.5. The number of halogens is 12. The molecular weight excluding hydrogens is 380 g/mol. The van der Waals surface area contributed by atoms with E-state index in [2.05, 4.69) is 0 Å². The van der Waals surface area contributed by atoms with E-state index in [4.69, 9.17) is 0 Å². The lowest BCUT2D eigenvalue weighted by Gasteiger charge is -2.06. The molecular formula is C6H6F12O5. The highest BCUT2D eigenvalue weighted by molar-refractivity contribution is 5.89. The Kier molecular flexibility index (Phi) is 13.7. The first kappa shape index (κ1) is 33.1. The van der Waals surface area contributed by atoms with Gasteiger partial charge in [0.2, 0.25) is 0 Å². The standard InChI is InChI=1S/2C3F6O.3H2O/c2*4-2(5,6)1(10)3(7,8)9;;;/h;;3*1H2. The normalized spacial score (nSPS) is 11.7. The quantitative estimate of drug-likeness (QED) is 0.573. The van der Waals surface area contributed by atoms with Crippen LogP contribution < -0.4 is 0 Å². The minimum absolute atomic E-state index is 0. The second-order valence-electron chi connectivity index (χ2n) is 2.65. The summed E-state index contributed by atoms with van der Waals surface area (Å²) in [5.41, 5.74) is 0. The molecule has 0 atom stereocenters. The van der Waals surface area contributed by atoms with Gasteiger partial charge in [-0.05, 0) is 0 Å². The van der Waals surface area contributed by atoms with Crippen LogP contribution in [0, 0.1) is 0 Å². The summed E-state index contributed by atoms with van der Waals surface area (Å²) in [5, 5.41) is 0. The molecule has 23 heavy (non-hydrogen) atoms. The lowest BCUT2D eigenvalue weighted by atomic mass is 10.4. The predicted octanol–water partition coefficient (Wildman–Crippen LogP) is 0.886. The fourth-order valence-corrected chi connectivity index (χ4v) is 0.321. The summed E-state index contributed by atoms with van der Waals surface area (Å²) in [6, 6.07) is 0. The number of carbonyl (C=O) groups excluding carboxylic acids is 2. The maximum absolute atomic E-state index is 10.9. The van der Waals surface area contributed by atoms with E-state index in [1.165, 1.54) is 0 Å². The second kappa shape index (κ2) is 9.50. The van der Waals surface area contributed by atoms with Crippen molar-refractivity contribution < 1.29 is 78.7 Å². The van der Waals surface area contributed by atoms with Gasteiger partial charge in [-0.3, -0.25) is 9.59 Å². The molecule has 0 rings (SSSR count). The van der Waals surface area contributed by atoms with Crippen LogP contribution in [-0.2, 0) is 9.59 Å². The van der Waals surface area contributed by atoms with E-state index >= 15 is 0 Å². The maximum atomic E-state index is 10.9. The molecule has 0 fully saturated rings. The lowest BCUT2D eigenvalue weighted by molar-refractivity contribution is -0.217. The maximum Gasteiger partial charge on any atom is 0.459 e. The highest BCUT2D eigenvalue weighted by Gasteiger charge is 2.56. The Hall–Kier alpha value is -1.62. The number of rotatable bonds is 0. The molecule has 0 unspecified atom stereocenters. The Morgan fingerprint density at radius 1 is 0.391 bits per heavy atom. The van der Waals surface area contributed by atoms with Gasteiger partial charge in [-0.25, -0.2) is 0 Å². The van der Waals surface area contributed by atoms with E-state index < -0.39 is 36.3 Å². The van der Waals surface area contributed by atoms with Crippen molar-refractivity contribution in [2.45, 2.75) is 24.7 Å². The second-order valence-corrected chi connectivity index (χ2v) is 2.65. The van der Waals surface area contributed by atoms with Gasteiger partial charge in [0.05, 0.1) is 0 Å². The molecule has 0 heterocycles. The van der Waals surface area contributed by atoms with Gasteiger partial charge >= 0.3 is 36.3 Å². The number of hydrogen-bond acceptors (Lipinski definition) is 2. The molecule has 0 saturated heterocycles. The first-order chi connectivity index (χ1) is 8.31. The highest BCUT2D eigenvalue weighted by atomic mass is 19.4. The summed E-state index contributed by atoms with van der Waals surface area (Å²) in [6.07, 6.45) is -23.3. The summed E-state index contributed by atoms with van der Waals surface area (Å²) in [6.45, 7) is 0. The molecule has 0 spiro atoms. The smallest absolute Gasteiger partial charge is 0.412 e. The summed E-state index contributed by atoms with van der Waals surface area (Å²) in [5.74, 6) is -7.36. The molecule has 0 amide bonds. The van der Waals surface area contributed by atoms with Crippen LogP contribution in [0.25, 0.3) is 0 Å². The predicted molar refractivity (Wildman–Crippen MR) is 45.1 cm³/mol. The van der Waals surface area contributed by atoms with Crippen molar-refractivity contribution in [1.82, 2.24) is 0 Å². The largest absolute Gasteiger partial charge is 0.459 e. The Balaban J connectivity index is -0.0000000831. The van der Waals surface area contributed by atoms with Gasteiger partial charge in [0.15, 0.2) is 0 Å². The van der Waals surface area contributed by atoms with Gasteiger partial charge in [0.1, 0.15) is 0 Å². The SMILES string of the molecule is O.O.O.O=C(C(F)(F)F)C(F)(F)F.O=C(C(F)(F)F)C(F)(F)F. The van der Waals surface area contributed by atoms with Crippen LogP contribution in [0.3, 0.4) is 0 Å². The minimum atomic E-state index is -5.82. The Morgan fingerprint density at radius 2 is 0.478 bits per heavy atom. The molecule has 5 nitrogen and oxygen atoms in total. The topological polar surface area (TPSA) is 129 Å². The highest BCUT2D eigenvalue weighted by Crippen LogP contribution is 2.28. The zero-order valence-corrected chi connectivity index (χ0v) is 9.85. The molecule has 0 radical (unpaired) electrons. The van der Waals surface area contributed by atoms with Crippen molar-refractivity contribution in [2.24, 2.45) is 0 Å². The van der Waals surface area contributed by atoms with E-state index in [1.54, 1.807) is 0 Å². The third-order valence-electron chi connectivity index (χ3n) is 1.03. The van der Waals surface area contributed by atoms with Crippen molar-refractivity contribution in [3.8, 4) is 0 Å². The van der Waals surface area contributed by atoms with Gasteiger partial charge in [-0.2, -0.15) is 52.7 Å². The minimum Gasteiger partial charge on any atom is -0.412 e. The zero-order valence-electron chi connectivity index (χ0n) is 9.85. The summed E-state index contributed by atoms with van der Waals surface area (Å²) >= 11 is 0. The van der Waals surface area contributed by atoms with Crippen LogP contribution in [0.15, 0.2) is 0 Å². The van der Waals surface area contributed by atoms with Gasteiger partial charge in [0.25, 0.3) is 0 Å². The van der Waals surface area contributed by atoms with Gasteiger partial charge in [-0.15, -0.1) is 0 Å². The molecule has 0 saturated carbocycles. The first-order valence-corrected chi connectivity index (χ1v) is 3.68. The van der Waals surface area contributed by atoms with E-state index in [1.807, 2.05) is 0 Å². The van der Waals surface area contributed by atoms with E-state index in [-0.39, 0.29) is 16.4 Å². The summed E-state index contributed by atoms with van der Waals surface area (Å²) < 4.78 is 131. The molecule has 0 aliphatic rings. The molecule has 0 aromatic carbocycles. The monoisotopic (exact) mass is 386 g/mol. The van der Waals surface area contributed by atoms with Crippen molar-refractivity contribution in [1.29, 1.82) is 0 Å². The van der Waals surface area contributed by atoms with Crippen LogP contribution in [0.5, 0.6) is 0 Å². The van der Waals surface area contributed by atoms with E-state index in [9.17, 15) is 62.3 Å². The van der Waals surface area contributed by atoms with Gasteiger partial charge in [0, 0.05) is 0 Å². The fourth-order valence-electron chi connectivity index (χ4n) is 0.321. The molecule has 0 aliphatic heterocycles. The number of alkyl halides is 12. The number of ketones is 2. The molecule has 0 aliphatic carbocycles. The zero-order chi connectivity index (χ0) is 17.2. The van der Waals surface area contributed by atoms with E-state index in [0.29, 0.717) is 0 Å². The Labute approximate surface area is 116 Å². The van der Waals surface area contributed by atoms with Gasteiger partial charge in [-0.1, -0.05) is 0 Å². The molecule has 0 bridgehead atoms. The average molecular weight is 386 g/mol.